The Bertz CT molecular complexity index is 580. The Kier molecular flexibility index (Phi) is 4.09. The SMILES string of the molecule is CCn1cc(Cl)cc1C(=O)Nc1ccccc1Br. The predicted molar refractivity (Wildman–Crippen MR) is 77.2 cm³/mol. The lowest BCUT2D eigenvalue weighted by atomic mass is 10.3. The van der Waals surface area contributed by atoms with Crippen molar-refractivity contribution >= 4 is 39.1 Å². The van der Waals surface area contributed by atoms with Crippen LogP contribution in [0.2, 0.25) is 5.02 Å². The van der Waals surface area contributed by atoms with Crippen LogP contribution in [0.5, 0.6) is 0 Å². The Balaban J connectivity index is 2.25. The lowest BCUT2D eigenvalue weighted by Crippen LogP contribution is -2.16. The zero-order valence-corrected chi connectivity index (χ0v) is 12.1. The molecule has 0 aliphatic heterocycles. The standard InChI is InChI=1S/C13H12BrClN2O/c1-2-17-8-9(15)7-12(17)13(18)16-11-6-4-3-5-10(11)14/h3-8H,2H2,1H3,(H,16,18). The Morgan fingerprint density at radius 2 is 2.17 bits per heavy atom. The third-order valence-electron chi connectivity index (χ3n) is 2.56. The molecule has 94 valence electrons. The first-order chi connectivity index (χ1) is 8.61. The van der Waals surface area contributed by atoms with Crippen molar-refractivity contribution in [2.45, 2.75) is 13.5 Å². The van der Waals surface area contributed by atoms with Crippen molar-refractivity contribution in [1.29, 1.82) is 0 Å². The van der Waals surface area contributed by atoms with Crippen LogP contribution in [0, 0.1) is 0 Å². The van der Waals surface area contributed by atoms with Crippen LogP contribution in [0.4, 0.5) is 5.69 Å². The summed E-state index contributed by atoms with van der Waals surface area (Å²) in [4.78, 5) is 12.1. The molecule has 1 N–H and O–H groups in total. The second kappa shape index (κ2) is 5.59. The van der Waals surface area contributed by atoms with Crippen LogP contribution in [0.25, 0.3) is 0 Å². The van der Waals surface area contributed by atoms with Crippen molar-refractivity contribution in [1.82, 2.24) is 4.57 Å². The highest BCUT2D eigenvalue weighted by Crippen LogP contribution is 2.22. The number of aryl methyl sites for hydroxylation is 1. The maximum absolute atomic E-state index is 12.1. The molecule has 1 heterocycles. The van der Waals surface area contributed by atoms with Gasteiger partial charge in [-0.1, -0.05) is 23.7 Å². The van der Waals surface area contributed by atoms with Gasteiger partial charge >= 0.3 is 0 Å². The van der Waals surface area contributed by atoms with Crippen LogP contribution in [0.1, 0.15) is 17.4 Å². The number of amides is 1. The van der Waals surface area contributed by atoms with Gasteiger partial charge in [-0.05, 0) is 41.1 Å². The zero-order chi connectivity index (χ0) is 13.1. The van der Waals surface area contributed by atoms with Crippen molar-refractivity contribution in [3.05, 3.63) is 51.7 Å². The number of nitrogens with one attached hydrogen (secondary N) is 1. The predicted octanol–water partition coefficient (Wildman–Crippen LogP) is 4.18. The van der Waals surface area contributed by atoms with Crippen LogP contribution in [0.15, 0.2) is 41.0 Å². The summed E-state index contributed by atoms with van der Waals surface area (Å²) in [6.45, 7) is 2.66. The maximum atomic E-state index is 12.1. The highest BCUT2D eigenvalue weighted by molar-refractivity contribution is 9.10. The average Bonchev–Trinajstić information content (AvgIpc) is 2.73. The van der Waals surface area contributed by atoms with E-state index in [1.165, 1.54) is 0 Å². The van der Waals surface area contributed by atoms with E-state index in [0.717, 1.165) is 10.2 Å². The number of carbonyl (C=O) groups is 1. The van der Waals surface area contributed by atoms with Gasteiger partial charge in [0.15, 0.2) is 0 Å². The van der Waals surface area contributed by atoms with Crippen LogP contribution in [-0.4, -0.2) is 10.5 Å². The highest BCUT2D eigenvalue weighted by atomic mass is 79.9. The molecule has 0 aliphatic carbocycles. The van der Waals surface area contributed by atoms with Gasteiger partial charge in [0.25, 0.3) is 5.91 Å². The molecule has 1 aromatic carbocycles. The maximum Gasteiger partial charge on any atom is 0.272 e. The number of nitrogens with zero attached hydrogens (tertiary/aromatic N) is 1. The summed E-state index contributed by atoms with van der Waals surface area (Å²) in [5.74, 6) is -0.171. The molecule has 0 saturated carbocycles. The van der Waals surface area contributed by atoms with Gasteiger partial charge in [-0.3, -0.25) is 4.79 Å². The van der Waals surface area contributed by atoms with Crippen molar-refractivity contribution in [3.8, 4) is 0 Å². The number of halogens is 2. The van der Waals surface area contributed by atoms with Gasteiger partial charge in [-0.25, -0.2) is 0 Å². The van der Waals surface area contributed by atoms with Crippen molar-refractivity contribution in [3.63, 3.8) is 0 Å². The molecule has 0 aliphatic rings. The number of carbonyl (C=O) groups excluding carboxylic acids is 1. The smallest absolute Gasteiger partial charge is 0.272 e. The summed E-state index contributed by atoms with van der Waals surface area (Å²) in [7, 11) is 0. The molecule has 0 radical (unpaired) electrons. The van der Waals surface area contributed by atoms with E-state index in [2.05, 4.69) is 21.2 Å². The number of anilines is 1. The summed E-state index contributed by atoms with van der Waals surface area (Å²) < 4.78 is 2.66. The van der Waals surface area contributed by atoms with E-state index in [1.54, 1.807) is 12.3 Å². The summed E-state index contributed by atoms with van der Waals surface area (Å²) in [6.07, 6.45) is 1.75. The monoisotopic (exact) mass is 326 g/mol. The minimum Gasteiger partial charge on any atom is -0.342 e. The topological polar surface area (TPSA) is 34.0 Å². The van der Waals surface area contributed by atoms with Crippen molar-refractivity contribution in [2.75, 3.05) is 5.32 Å². The van der Waals surface area contributed by atoms with E-state index in [4.69, 9.17) is 11.6 Å². The molecule has 0 fully saturated rings. The molecule has 5 heteroatoms. The van der Waals surface area contributed by atoms with E-state index in [0.29, 0.717) is 17.3 Å². The van der Waals surface area contributed by atoms with Gasteiger partial charge in [0.05, 0.1) is 10.7 Å². The van der Waals surface area contributed by atoms with Crippen LogP contribution in [0.3, 0.4) is 0 Å². The lowest BCUT2D eigenvalue weighted by Gasteiger charge is -2.08. The van der Waals surface area contributed by atoms with E-state index in [1.807, 2.05) is 35.8 Å². The fraction of sp³-hybridized carbons (Fsp3) is 0.154. The quantitative estimate of drug-likeness (QED) is 0.901. The first kappa shape index (κ1) is 13.2. The van der Waals surface area contributed by atoms with Crippen LogP contribution >= 0.6 is 27.5 Å². The van der Waals surface area contributed by atoms with E-state index in [-0.39, 0.29) is 5.91 Å². The van der Waals surface area contributed by atoms with Crippen LogP contribution in [-0.2, 0) is 6.54 Å². The third kappa shape index (κ3) is 2.76. The average molecular weight is 328 g/mol. The summed E-state index contributed by atoms with van der Waals surface area (Å²) in [5, 5.41) is 3.41. The molecule has 18 heavy (non-hydrogen) atoms. The molecule has 1 aromatic heterocycles. The first-order valence-corrected chi connectivity index (χ1v) is 6.70. The molecule has 0 unspecified atom stereocenters. The molecular formula is C13H12BrClN2O. The molecule has 1 amide bonds. The minimum atomic E-state index is -0.171. The minimum absolute atomic E-state index is 0.171. The second-order valence-electron chi connectivity index (χ2n) is 3.76. The van der Waals surface area contributed by atoms with E-state index >= 15 is 0 Å². The van der Waals surface area contributed by atoms with Crippen molar-refractivity contribution in [2.24, 2.45) is 0 Å². The number of aromatic nitrogens is 1. The normalized spacial score (nSPS) is 10.4. The molecule has 0 atom stereocenters. The number of rotatable bonds is 3. The Morgan fingerprint density at radius 1 is 1.44 bits per heavy atom. The van der Waals surface area contributed by atoms with Gasteiger partial charge in [-0.15, -0.1) is 0 Å². The fourth-order valence-electron chi connectivity index (χ4n) is 1.68. The molecule has 3 nitrogen and oxygen atoms in total. The zero-order valence-electron chi connectivity index (χ0n) is 9.78. The van der Waals surface area contributed by atoms with Gasteiger partial charge in [-0.2, -0.15) is 0 Å². The summed E-state index contributed by atoms with van der Waals surface area (Å²) >= 11 is 9.30. The summed E-state index contributed by atoms with van der Waals surface area (Å²) in [5.41, 5.74) is 1.29. The third-order valence-corrected chi connectivity index (χ3v) is 3.46. The first-order valence-electron chi connectivity index (χ1n) is 5.53. The molecule has 2 aromatic rings. The molecular weight excluding hydrogens is 316 g/mol. The number of hydrogen-bond acceptors (Lipinski definition) is 1. The number of hydrogen-bond donors (Lipinski definition) is 1. The van der Waals surface area contributed by atoms with E-state index < -0.39 is 0 Å². The van der Waals surface area contributed by atoms with Gasteiger partial charge in [0.1, 0.15) is 5.69 Å². The molecule has 2 rings (SSSR count). The van der Waals surface area contributed by atoms with Crippen molar-refractivity contribution < 1.29 is 4.79 Å². The van der Waals surface area contributed by atoms with Gasteiger partial charge < -0.3 is 9.88 Å². The highest BCUT2D eigenvalue weighted by Gasteiger charge is 2.13. The lowest BCUT2D eigenvalue weighted by molar-refractivity contribution is 0.101. The van der Waals surface area contributed by atoms with Gasteiger partial charge in [0, 0.05) is 17.2 Å². The second-order valence-corrected chi connectivity index (χ2v) is 5.05. The number of para-hydroxylation sites is 1. The van der Waals surface area contributed by atoms with E-state index in [9.17, 15) is 4.79 Å². The molecule has 0 bridgehead atoms. The van der Waals surface area contributed by atoms with Gasteiger partial charge in [0.2, 0.25) is 0 Å². The van der Waals surface area contributed by atoms with Crippen LogP contribution < -0.4 is 5.32 Å². The summed E-state index contributed by atoms with van der Waals surface area (Å²) in [6, 6.07) is 9.14. The Hall–Kier alpha value is -1.26. The Labute approximate surface area is 119 Å². The fourth-order valence-corrected chi connectivity index (χ4v) is 2.28. The molecule has 0 spiro atoms. The number of benzene rings is 1. The molecule has 0 saturated heterocycles. The largest absolute Gasteiger partial charge is 0.342 e. The Morgan fingerprint density at radius 3 is 2.83 bits per heavy atom.